The lowest BCUT2D eigenvalue weighted by atomic mass is 10.3. The van der Waals surface area contributed by atoms with E-state index in [1.165, 1.54) is 24.3 Å². The molecule has 0 heterocycles. The molecule has 0 amide bonds. The summed E-state index contributed by atoms with van der Waals surface area (Å²) in [5.74, 6) is 0.488. The lowest BCUT2D eigenvalue weighted by molar-refractivity contribution is -0.384. The number of benzene rings is 1. The summed E-state index contributed by atoms with van der Waals surface area (Å²) in [6.07, 6.45) is -0.0103. The Hall–Kier alpha value is -0.970. The summed E-state index contributed by atoms with van der Waals surface area (Å²) in [4.78, 5) is 10.0. The summed E-state index contributed by atoms with van der Waals surface area (Å²) in [5, 5.41) is 10.5. The molecule has 1 atom stereocenters. The summed E-state index contributed by atoms with van der Waals surface area (Å²) in [5.41, 5.74) is 0.0199. The monoisotopic (exact) mass is 275 g/mol. The molecule has 0 fully saturated rings. The van der Waals surface area contributed by atoms with Crippen molar-refractivity contribution in [1.29, 1.82) is 0 Å². The second kappa shape index (κ2) is 5.58. The molecule has 7 heteroatoms. The first-order chi connectivity index (χ1) is 7.80. The van der Waals surface area contributed by atoms with Crippen molar-refractivity contribution in [3.63, 3.8) is 0 Å². The number of non-ortho nitro benzene ring substituents is 1. The van der Waals surface area contributed by atoms with Gasteiger partial charge in [-0.25, -0.2) is 0 Å². The summed E-state index contributed by atoms with van der Waals surface area (Å²) < 4.78 is 11.0. The van der Waals surface area contributed by atoms with Crippen LogP contribution < -0.4 is 4.52 Å². The Morgan fingerprint density at radius 2 is 1.88 bits per heavy atom. The van der Waals surface area contributed by atoms with Crippen molar-refractivity contribution < 1.29 is 14.0 Å². The lowest BCUT2D eigenvalue weighted by Crippen LogP contribution is -2.03. The van der Waals surface area contributed by atoms with E-state index in [4.69, 9.17) is 20.9 Å². The molecule has 1 aromatic carbocycles. The topological polar surface area (TPSA) is 61.6 Å². The second-order valence-electron chi connectivity index (χ2n) is 3.77. The molecule has 1 rings (SSSR count). The van der Waals surface area contributed by atoms with E-state index >= 15 is 0 Å². The fourth-order valence-electron chi connectivity index (χ4n) is 1.22. The third-order valence-corrected chi connectivity index (χ3v) is 3.55. The maximum absolute atomic E-state index is 10.5. The molecule has 0 bridgehead atoms. The van der Waals surface area contributed by atoms with Crippen molar-refractivity contribution in [2.45, 2.75) is 20.0 Å². The van der Waals surface area contributed by atoms with E-state index in [0.29, 0.717) is 5.75 Å². The first kappa shape index (κ1) is 14.1. The quantitative estimate of drug-likeness (QED) is 0.468. The van der Waals surface area contributed by atoms with Crippen LogP contribution in [0, 0.1) is 10.1 Å². The summed E-state index contributed by atoms with van der Waals surface area (Å²) in [7, 11) is 0. The lowest BCUT2D eigenvalue weighted by Gasteiger charge is -2.20. The van der Waals surface area contributed by atoms with Gasteiger partial charge >= 0.3 is 0 Å². The number of nitrogens with zero attached hydrogens (tertiary/aromatic N) is 1. The molecular formula is C10H14NO4PS. The van der Waals surface area contributed by atoms with Gasteiger partial charge in [0, 0.05) is 18.8 Å². The van der Waals surface area contributed by atoms with Crippen molar-refractivity contribution in [1.82, 2.24) is 0 Å². The van der Waals surface area contributed by atoms with E-state index in [2.05, 4.69) is 0 Å². The molecule has 5 nitrogen and oxygen atoms in total. The van der Waals surface area contributed by atoms with Crippen LogP contribution in [0.25, 0.3) is 0 Å². The molecule has 0 saturated carbocycles. The predicted molar refractivity (Wildman–Crippen MR) is 70.2 cm³/mol. The van der Waals surface area contributed by atoms with Crippen LogP contribution in [-0.2, 0) is 16.3 Å². The third kappa shape index (κ3) is 4.81. The Morgan fingerprint density at radius 1 is 1.35 bits per heavy atom. The van der Waals surface area contributed by atoms with Crippen LogP contribution >= 0.6 is 6.49 Å². The van der Waals surface area contributed by atoms with Crippen LogP contribution in [0.4, 0.5) is 5.69 Å². The number of nitro benzene ring substituents is 1. The molecule has 0 aliphatic rings. The molecule has 17 heavy (non-hydrogen) atoms. The van der Waals surface area contributed by atoms with E-state index in [1.807, 2.05) is 13.8 Å². The molecule has 1 aromatic rings. The van der Waals surface area contributed by atoms with Crippen LogP contribution in [0.5, 0.6) is 5.75 Å². The summed E-state index contributed by atoms with van der Waals surface area (Å²) >= 11 is 5.22. The molecule has 0 radical (unpaired) electrons. The van der Waals surface area contributed by atoms with Crippen molar-refractivity contribution in [2.24, 2.45) is 0 Å². The molecule has 0 aliphatic carbocycles. The maximum Gasteiger partial charge on any atom is 0.269 e. The molecular weight excluding hydrogens is 261 g/mol. The third-order valence-electron chi connectivity index (χ3n) is 1.72. The van der Waals surface area contributed by atoms with E-state index in [0.717, 1.165) is 0 Å². The number of rotatable bonds is 5. The van der Waals surface area contributed by atoms with Gasteiger partial charge in [-0.2, -0.15) is 0 Å². The predicted octanol–water partition coefficient (Wildman–Crippen LogP) is 3.34. The average Bonchev–Trinajstić information content (AvgIpc) is 2.15. The van der Waals surface area contributed by atoms with E-state index in [-0.39, 0.29) is 11.8 Å². The molecule has 1 unspecified atom stereocenters. The van der Waals surface area contributed by atoms with Gasteiger partial charge in [-0.15, -0.1) is 0 Å². The summed E-state index contributed by atoms with van der Waals surface area (Å²) in [6.45, 7) is 3.14. The number of hydrogen-bond acceptors (Lipinski definition) is 5. The Kier molecular flexibility index (Phi) is 4.62. The smallest absolute Gasteiger partial charge is 0.269 e. The molecule has 0 saturated heterocycles. The molecule has 0 aliphatic heterocycles. The van der Waals surface area contributed by atoms with Crippen molar-refractivity contribution in [2.75, 3.05) is 6.66 Å². The van der Waals surface area contributed by atoms with Gasteiger partial charge in [0.2, 0.25) is 6.49 Å². The van der Waals surface area contributed by atoms with Gasteiger partial charge in [-0.3, -0.25) is 10.1 Å². The SMILES string of the molecule is CC(C)OP(C)(=S)Oc1ccc([N+](=O)[O-])cc1. The van der Waals surface area contributed by atoms with E-state index in [9.17, 15) is 10.1 Å². The van der Waals surface area contributed by atoms with Gasteiger partial charge in [0.1, 0.15) is 5.75 Å². The fraction of sp³-hybridized carbons (Fsp3) is 0.400. The highest BCUT2D eigenvalue weighted by Crippen LogP contribution is 2.46. The number of nitro groups is 1. The highest BCUT2D eigenvalue weighted by molar-refractivity contribution is 8.09. The van der Waals surface area contributed by atoms with Crippen LogP contribution in [0.15, 0.2) is 24.3 Å². The zero-order chi connectivity index (χ0) is 13.1. The van der Waals surface area contributed by atoms with Crippen molar-refractivity contribution >= 4 is 24.0 Å². The standard InChI is InChI=1S/C10H14NO4PS/c1-8(2)14-16(3,17)15-10-6-4-9(5-7-10)11(12)13/h4-8H,1-3H3. The van der Waals surface area contributed by atoms with Crippen molar-refractivity contribution in [3.05, 3.63) is 34.4 Å². The van der Waals surface area contributed by atoms with Crippen molar-refractivity contribution in [3.8, 4) is 5.75 Å². The zero-order valence-electron chi connectivity index (χ0n) is 9.82. The first-order valence-corrected chi connectivity index (χ1v) is 8.08. The van der Waals surface area contributed by atoms with E-state index in [1.54, 1.807) is 6.66 Å². The minimum atomic E-state index is -2.35. The fourth-order valence-corrected chi connectivity index (χ4v) is 3.31. The average molecular weight is 275 g/mol. The zero-order valence-corrected chi connectivity index (χ0v) is 11.5. The van der Waals surface area contributed by atoms with Gasteiger partial charge in [-0.05, 0) is 37.8 Å². The van der Waals surface area contributed by atoms with Gasteiger partial charge in [0.05, 0.1) is 11.0 Å². The largest absolute Gasteiger partial charge is 0.444 e. The van der Waals surface area contributed by atoms with Crippen LogP contribution in [-0.4, -0.2) is 17.7 Å². The highest BCUT2D eigenvalue weighted by atomic mass is 32.5. The molecule has 94 valence electrons. The number of hydrogen-bond donors (Lipinski definition) is 0. The molecule has 0 N–H and O–H groups in total. The molecule has 0 spiro atoms. The van der Waals surface area contributed by atoms with Gasteiger partial charge in [0.15, 0.2) is 0 Å². The van der Waals surface area contributed by atoms with Gasteiger partial charge < -0.3 is 9.05 Å². The Labute approximate surface area is 105 Å². The van der Waals surface area contributed by atoms with Crippen LogP contribution in [0.2, 0.25) is 0 Å². The second-order valence-corrected chi connectivity index (χ2v) is 7.69. The van der Waals surface area contributed by atoms with Gasteiger partial charge in [0.25, 0.3) is 5.69 Å². The Bertz CT molecular complexity index is 446. The first-order valence-electron chi connectivity index (χ1n) is 5.00. The van der Waals surface area contributed by atoms with E-state index < -0.39 is 11.4 Å². The van der Waals surface area contributed by atoms with Crippen LogP contribution in [0.3, 0.4) is 0 Å². The highest BCUT2D eigenvalue weighted by Gasteiger charge is 2.15. The Balaban J connectivity index is 2.75. The normalized spacial score (nSPS) is 14.4. The minimum absolute atomic E-state index is 0.0103. The van der Waals surface area contributed by atoms with Gasteiger partial charge in [-0.1, -0.05) is 0 Å². The van der Waals surface area contributed by atoms with Crippen LogP contribution in [0.1, 0.15) is 13.8 Å². The summed E-state index contributed by atoms with van der Waals surface area (Å²) in [6, 6.07) is 5.79. The Morgan fingerprint density at radius 3 is 2.29 bits per heavy atom. The molecule has 0 aromatic heterocycles. The maximum atomic E-state index is 10.5. The minimum Gasteiger partial charge on any atom is -0.444 e.